The summed E-state index contributed by atoms with van der Waals surface area (Å²) < 4.78 is 5.33. The molecule has 98 valence electrons. The molecule has 0 heterocycles. The van der Waals surface area contributed by atoms with Crippen LogP contribution in [0.3, 0.4) is 0 Å². The normalized spacial score (nSPS) is 9.94. The first-order valence-electron chi connectivity index (χ1n) is 6.21. The van der Waals surface area contributed by atoms with Gasteiger partial charge in [0.2, 0.25) is 0 Å². The van der Waals surface area contributed by atoms with Crippen LogP contribution >= 0.6 is 12.2 Å². The summed E-state index contributed by atoms with van der Waals surface area (Å²) in [5.41, 5.74) is 1.31. The lowest BCUT2D eigenvalue weighted by Crippen LogP contribution is -2.31. The van der Waals surface area contributed by atoms with Crippen molar-refractivity contribution in [1.82, 2.24) is 4.90 Å². The number of hydrogen-bond acceptors (Lipinski definition) is 3. The van der Waals surface area contributed by atoms with Crippen molar-refractivity contribution in [3.8, 4) is 0 Å². The molecule has 0 aliphatic carbocycles. The quantitative estimate of drug-likeness (QED) is 0.767. The van der Waals surface area contributed by atoms with E-state index >= 15 is 0 Å². The van der Waals surface area contributed by atoms with Crippen molar-refractivity contribution in [1.29, 1.82) is 0 Å². The molecular weight excluding hydrogens is 246 g/mol. The van der Waals surface area contributed by atoms with Crippen LogP contribution in [0.2, 0.25) is 0 Å². The van der Waals surface area contributed by atoms with Gasteiger partial charge in [0.05, 0.1) is 12.2 Å². The first kappa shape index (κ1) is 14.6. The van der Waals surface area contributed by atoms with Gasteiger partial charge >= 0.3 is 0 Å². The zero-order chi connectivity index (χ0) is 13.5. The molecule has 4 heteroatoms. The van der Waals surface area contributed by atoms with E-state index in [1.165, 1.54) is 0 Å². The Balaban J connectivity index is 3.08. The highest BCUT2D eigenvalue weighted by atomic mass is 32.1. The molecule has 1 aromatic carbocycles. The zero-order valence-corrected chi connectivity index (χ0v) is 11.9. The minimum atomic E-state index is -0.00217. The van der Waals surface area contributed by atoms with Crippen LogP contribution in [0.1, 0.15) is 36.7 Å². The summed E-state index contributed by atoms with van der Waals surface area (Å²) in [5.74, 6) is -0.00217. The average Bonchev–Trinajstić information content (AvgIpc) is 2.40. The van der Waals surface area contributed by atoms with Crippen molar-refractivity contribution in [2.75, 3.05) is 19.7 Å². The monoisotopic (exact) mass is 265 g/mol. The van der Waals surface area contributed by atoms with Gasteiger partial charge in [-0.25, -0.2) is 0 Å². The number of ether oxygens (including phenoxy) is 1. The Morgan fingerprint density at radius 1 is 1.17 bits per heavy atom. The van der Waals surface area contributed by atoms with Crippen molar-refractivity contribution >= 4 is 23.2 Å². The lowest BCUT2D eigenvalue weighted by Gasteiger charge is -2.20. The third-order valence-electron chi connectivity index (χ3n) is 2.70. The highest BCUT2D eigenvalue weighted by molar-refractivity contribution is 7.80. The second-order valence-corrected chi connectivity index (χ2v) is 4.11. The predicted molar refractivity (Wildman–Crippen MR) is 77.0 cm³/mol. The van der Waals surface area contributed by atoms with Crippen molar-refractivity contribution in [2.45, 2.75) is 20.8 Å². The molecule has 0 fully saturated rings. The van der Waals surface area contributed by atoms with Gasteiger partial charge in [0.25, 0.3) is 5.91 Å². The lowest BCUT2D eigenvalue weighted by atomic mass is 10.1. The second-order valence-electron chi connectivity index (χ2n) is 3.74. The van der Waals surface area contributed by atoms with Crippen LogP contribution in [0.4, 0.5) is 0 Å². The minimum absolute atomic E-state index is 0.00217. The van der Waals surface area contributed by atoms with Gasteiger partial charge in [-0.15, -0.1) is 0 Å². The summed E-state index contributed by atoms with van der Waals surface area (Å²) in [7, 11) is 0. The van der Waals surface area contributed by atoms with E-state index in [0.717, 1.165) is 0 Å². The number of hydrogen-bond donors (Lipinski definition) is 0. The van der Waals surface area contributed by atoms with Crippen LogP contribution in [0, 0.1) is 0 Å². The number of carbonyl (C=O) groups excluding carboxylic acids is 1. The maximum Gasteiger partial charge on any atom is 0.254 e. The van der Waals surface area contributed by atoms with Gasteiger partial charge in [-0.3, -0.25) is 4.79 Å². The number of nitrogens with zero attached hydrogens (tertiary/aromatic N) is 1. The van der Waals surface area contributed by atoms with Gasteiger partial charge < -0.3 is 9.64 Å². The molecule has 0 radical (unpaired) electrons. The molecule has 0 saturated carbocycles. The van der Waals surface area contributed by atoms with Crippen molar-refractivity contribution < 1.29 is 9.53 Å². The third-order valence-corrected chi connectivity index (χ3v) is 3.04. The molecule has 0 unspecified atom stereocenters. The largest absolute Gasteiger partial charge is 0.483 e. The topological polar surface area (TPSA) is 29.5 Å². The van der Waals surface area contributed by atoms with Gasteiger partial charge in [0, 0.05) is 18.7 Å². The van der Waals surface area contributed by atoms with E-state index in [1.807, 2.05) is 39.0 Å². The number of benzene rings is 1. The van der Waals surface area contributed by atoms with Crippen LogP contribution in [0.15, 0.2) is 24.3 Å². The highest BCUT2D eigenvalue weighted by Gasteiger charge is 2.18. The molecule has 0 aliphatic heterocycles. The molecule has 3 nitrogen and oxygen atoms in total. The second kappa shape index (κ2) is 7.11. The van der Waals surface area contributed by atoms with E-state index in [2.05, 4.69) is 0 Å². The fourth-order valence-corrected chi connectivity index (χ4v) is 2.03. The molecule has 1 amide bonds. The summed E-state index contributed by atoms with van der Waals surface area (Å²) in [5, 5.41) is 0.383. The number of thiocarbonyl (C=S) groups is 1. The van der Waals surface area contributed by atoms with Crippen molar-refractivity contribution in [3.63, 3.8) is 0 Å². The van der Waals surface area contributed by atoms with Gasteiger partial charge in [-0.1, -0.05) is 12.1 Å². The molecule has 0 spiro atoms. The Kier molecular flexibility index (Phi) is 5.78. The van der Waals surface area contributed by atoms with E-state index < -0.39 is 0 Å². The Bertz CT molecular complexity index is 428. The van der Waals surface area contributed by atoms with Gasteiger partial charge in [-0.05, 0) is 45.1 Å². The van der Waals surface area contributed by atoms with E-state index in [-0.39, 0.29) is 5.91 Å². The summed E-state index contributed by atoms with van der Waals surface area (Å²) in [6.07, 6.45) is 0. The van der Waals surface area contributed by atoms with Gasteiger partial charge in [-0.2, -0.15) is 0 Å². The van der Waals surface area contributed by atoms with E-state index in [4.69, 9.17) is 17.0 Å². The van der Waals surface area contributed by atoms with E-state index in [1.54, 1.807) is 11.0 Å². The number of rotatable bonds is 5. The highest BCUT2D eigenvalue weighted by Crippen LogP contribution is 2.14. The Labute approximate surface area is 114 Å². The molecular formula is C14H19NO2S. The molecule has 0 bridgehead atoms. The maximum atomic E-state index is 12.3. The van der Waals surface area contributed by atoms with Crippen LogP contribution < -0.4 is 0 Å². The van der Waals surface area contributed by atoms with E-state index in [0.29, 0.717) is 35.9 Å². The van der Waals surface area contributed by atoms with Gasteiger partial charge in [0.1, 0.15) is 0 Å². The maximum absolute atomic E-state index is 12.3. The average molecular weight is 265 g/mol. The molecule has 0 N–H and O–H groups in total. The van der Waals surface area contributed by atoms with Crippen LogP contribution in [-0.2, 0) is 4.74 Å². The van der Waals surface area contributed by atoms with E-state index in [9.17, 15) is 4.79 Å². The fourth-order valence-electron chi connectivity index (χ4n) is 1.74. The standard InChI is InChI=1S/C14H19NO2S/c1-4-15(5-2)13(16)11-9-7-8-10-12(11)14(18)17-6-3/h7-10H,4-6H2,1-3H3. The number of carbonyl (C=O) groups is 1. The molecule has 0 atom stereocenters. The van der Waals surface area contributed by atoms with Crippen LogP contribution in [0.25, 0.3) is 0 Å². The summed E-state index contributed by atoms with van der Waals surface area (Å²) in [6, 6.07) is 7.32. The Morgan fingerprint density at radius 3 is 2.22 bits per heavy atom. The fraction of sp³-hybridized carbons (Fsp3) is 0.429. The van der Waals surface area contributed by atoms with Crippen molar-refractivity contribution in [3.05, 3.63) is 35.4 Å². The first-order chi connectivity index (χ1) is 8.65. The molecule has 0 saturated heterocycles. The minimum Gasteiger partial charge on any atom is -0.483 e. The predicted octanol–water partition coefficient (Wildman–Crippen LogP) is 2.88. The van der Waals surface area contributed by atoms with Crippen molar-refractivity contribution in [2.24, 2.45) is 0 Å². The summed E-state index contributed by atoms with van der Waals surface area (Å²) in [6.45, 7) is 7.68. The Hall–Kier alpha value is -1.42. The molecule has 0 aliphatic rings. The summed E-state index contributed by atoms with van der Waals surface area (Å²) >= 11 is 5.19. The molecule has 0 aromatic heterocycles. The molecule has 1 rings (SSSR count). The first-order valence-corrected chi connectivity index (χ1v) is 6.61. The SMILES string of the molecule is CCOC(=S)c1ccccc1C(=O)N(CC)CC. The zero-order valence-electron chi connectivity index (χ0n) is 11.1. The molecule has 18 heavy (non-hydrogen) atoms. The van der Waals surface area contributed by atoms with Gasteiger partial charge in [0.15, 0.2) is 5.05 Å². The summed E-state index contributed by atoms with van der Waals surface area (Å²) in [4.78, 5) is 14.1. The van der Waals surface area contributed by atoms with Crippen LogP contribution in [-0.4, -0.2) is 35.6 Å². The number of amides is 1. The molecule has 1 aromatic rings. The van der Waals surface area contributed by atoms with Crippen LogP contribution in [0.5, 0.6) is 0 Å². The smallest absolute Gasteiger partial charge is 0.254 e. The Morgan fingerprint density at radius 2 is 1.72 bits per heavy atom. The third kappa shape index (κ3) is 3.29. The lowest BCUT2D eigenvalue weighted by molar-refractivity contribution is 0.0772.